The number of nitrogens with zero attached hydrogens (tertiary/aromatic N) is 3. The van der Waals surface area contributed by atoms with Gasteiger partial charge < -0.3 is 0 Å². The van der Waals surface area contributed by atoms with E-state index < -0.39 is 0 Å². The van der Waals surface area contributed by atoms with Gasteiger partial charge in [0.1, 0.15) is 5.65 Å². The van der Waals surface area contributed by atoms with Gasteiger partial charge in [-0.3, -0.25) is 9.38 Å². The van der Waals surface area contributed by atoms with Crippen LogP contribution in [0.15, 0.2) is 18.5 Å². The zero-order valence-corrected chi connectivity index (χ0v) is 10.6. The maximum absolute atomic E-state index is 4.67. The average molecular weight is 225 g/mol. The minimum Gasteiger partial charge on any atom is -0.296 e. The first-order valence-electron chi connectivity index (χ1n) is 5.80. The highest BCUT2D eigenvalue weighted by atomic mass is 15.0. The third kappa shape index (κ3) is 1.22. The zero-order valence-electron chi connectivity index (χ0n) is 10.6. The van der Waals surface area contributed by atoms with Crippen molar-refractivity contribution in [1.82, 2.24) is 14.4 Å². The lowest BCUT2D eigenvalue weighted by Gasteiger charge is -2.10. The SMILES string of the molecule is Cc1nc2c(C)c(C)c3cnccc3n2c1C. The van der Waals surface area contributed by atoms with Crippen molar-refractivity contribution in [1.29, 1.82) is 0 Å². The topological polar surface area (TPSA) is 30.2 Å². The van der Waals surface area contributed by atoms with Gasteiger partial charge in [-0.1, -0.05) is 0 Å². The number of aromatic nitrogens is 3. The van der Waals surface area contributed by atoms with Crippen LogP contribution < -0.4 is 0 Å². The molecule has 0 atom stereocenters. The molecule has 0 aromatic carbocycles. The average Bonchev–Trinajstić information content (AvgIpc) is 2.63. The van der Waals surface area contributed by atoms with E-state index in [-0.39, 0.29) is 0 Å². The van der Waals surface area contributed by atoms with Crippen LogP contribution in [-0.4, -0.2) is 14.4 Å². The van der Waals surface area contributed by atoms with E-state index in [4.69, 9.17) is 0 Å². The van der Waals surface area contributed by atoms with Crippen molar-refractivity contribution in [2.75, 3.05) is 0 Å². The molecule has 3 heteroatoms. The Labute approximate surface area is 100 Å². The van der Waals surface area contributed by atoms with Crippen LogP contribution in [0.3, 0.4) is 0 Å². The fourth-order valence-corrected chi connectivity index (χ4v) is 2.40. The molecular weight excluding hydrogens is 210 g/mol. The second kappa shape index (κ2) is 3.29. The van der Waals surface area contributed by atoms with E-state index in [9.17, 15) is 0 Å². The highest BCUT2D eigenvalue weighted by molar-refractivity contribution is 5.87. The first-order valence-corrected chi connectivity index (χ1v) is 5.80. The number of hydrogen-bond acceptors (Lipinski definition) is 2. The molecule has 0 N–H and O–H groups in total. The van der Waals surface area contributed by atoms with E-state index in [1.54, 1.807) is 0 Å². The van der Waals surface area contributed by atoms with Crippen molar-refractivity contribution in [2.24, 2.45) is 0 Å². The van der Waals surface area contributed by atoms with Crippen LogP contribution in [0.25, 0.3) is 16.6 Å². The van der Waals surface area contributed by atoms with E-state index in [0.29, 0.717) is 0 Å². The van der Waals surface area contributed by atoms with Crippen LogP contribution in [0.4, 0.5) is 0 Å². The van der Waals surface area contributed by atoms with Gasteiger partial charge in [0.2, 0.25) is 0 Å². The Hall–Kier alpha value is -1.90. The molecule has 3 heterocycles. The molecule has 86 valence electrons. The Bertz CT molecular complexity index is 738. The van der Waals surface area contributed by atoms with Gasteiger partial charge in [0.15, 0.2) is 0 Å². The van der Waals surface area contributed by atoms with Crippen LogP contribution >= 0.6 is 0 Å². The molecule has 0 spiro atoms. The summed E-state index contributed by atoms with van der Waals surface area (Å²) >= 11 is 0. The van der Waals surface area contributed by atoms with E-state index in [1.165, 1.54) is 27.7 Å². The number of rotatable bonds is 0. The van der Waals surface area contributed by atoms with Crippen molar-refractivity contribution in [3.63, 3.8) is 0 Å². The number of imidazole rings is 1. The molecule has 3 aromatic rings. The van der Waals surface area contributed by atoms with Gasteiger partial charge in [0, 0.05) is 23.5 Å². The molecule has 0 saturated heterocycles. The van der Waals surface area contributed by atoms with Gasteiger partial charge in [0.25, 0.3) is 0 Å². The number of hydrogen-bond donors (Lipinski definition) is 0. The summed E-state index contributed by atoms with van der Waals surface area (Å²) in [5, 5.41) is 1.21. The summed E-state index contributed by atoms with van der Waals surface area (Å²) < 4.78 is 2.23. The number of fused-ring (bicyclic) bond motifs is 3. The quantitative estimate of drug-likeness (QED) is 0.588. The monoisotopic (exact) mass is 225 g/mol. The molecule has 0 fully saturated rings. The lowest BCUT2D eigenvalue weighted by Crippen LogP contribution is -1.97. The molecule has 0 aliphatic rings. The van der Waals surface area contributed by atoms with Crippen molar-refractivity contribution >= 4 is 16.6 Å². The molecule has 0 saturated carbocycles. The molecule has 3 aromatic heterocycles. The van der Waals surface area contributed by atoms with Crippen molar-refractivity contribution in [3.05, 3.63) is 41.0 Å². The third-order valence-corrected chi connectivity index (χ3v) is 3.69. The van der Waals surface area contributed by atoms with Gasteiger partial charge in [-0.05, 0) is 44.9 Å². The standard InChI is InChI=1S/C14H15N3/c1-8-9(2)14-16-10(3)11(4)17(14)13-5-6-15-7-12(8)13/h5-7H,1-4H3. The summed E-state index contributed by atoms with van der Waals surface area (Å²) in [5.74, 6) is 0. The smallest absolute Gasteiger partial charge is 0.140 e. The fraction of sp³-hybridized carbons (Fsp3) is 0.286. The molecule has 0 bridgehead atoms. The molecule has 0 aliphatic carbocycles. The molecule has 3 rings (SSSR count). The first kappa shape index (κ1) is 10.3. The van der Waals surface area contributed by atoms with Gasteiger partial charge in [-0.2, -0.15) is 0 Å². The van der Waals surface area contributed by atoms with Crippen LogP contribution in [0.1, 0.15) is 22.5 Å². The Morgan fingerprint density at radius 3 is 2.59 bits per heavy atom. The molecular formula is C14H15N3. The highest BCUT2D eigenvalue weighted by Crippen LogP contribution is 2.26. The van der Waals surface area contributed by atoms with Crippen LogP contribution in [-0.2, 0) is 0 Å². The largest absolute Gasteiger partial charge is 0.296 e. The number of pyridine rings is 2. The maximum Gasteiger partial charge on any atom is 0.140 e. The Morgan fingerprint density at radius 2 is 1.82 bits per heavy atom. The second-order valence-electron chi connectivity index (χ2n) is 4.58. The van der Waals surface area contributed by atoms with Crippen molar-refractivity contribution in [2.45, 2.75) is 27.7 Å². The van der Waals surface area contributed by atoms with Crippen molar-refractivity contribution in [3.8, 4) is 0 Å². The summed E-state index contributed by atoms with van der Waals surface area (Å²) in [6.07, 6.45) is 3.78. The Kier molecular flexibility index (Phi) is 1.99. The van der Waals surface area contributed by atoms with Crippen LogP contribution in [0.2, 0.25) is 0 Å². The summed E-state index contributed by atoms with van der Waals surface area (Å²) in [4.78, 5) is 8.89. The maximum atomic E-state index is 4.67. The molecule has 17 heavy (non-hydrogen) atoms. The van der Waals surface area contributed by atoms with Gasteiger partial charge in [-0.15, -0.1) is 0 Å². The summed E-state index contributed by atoms with van der Waals surface area (Å²) in [5.41, 5.74) is 7.07. The van der Waals surface area contributed by atoms with Gasteiger partial charge >= 0.3 is 0 Å². The highest BCUT2D eigenvalue weighted by Gasteiger charge is 2.13. The van der Waals surface area contributed by atoms with Gasteiger partial charge in [0.05, 0.1) is 11.2 Å². The molecule has 0 unspecified atom stereocenters. The minimum atomic E-state index is 1.07. The van der Waals surface area contributed by atoms with Crippen LogP contribution in [0.5, 0.6) is 0 Å². The first-order chi connectivity index (χ1) is 8.11. The molecule has 3 nitrogen and oxygen atoms in total. The van der Waals surface area contributed by atoms with Crippen molar-refractivity contribution < 1.29 is 0 Å². The lowest BCUT2D eigenvalue weighted by atomic mass is 10.1. The summed E-state index contributed by atoms with van der Waals surface area (Å²) in [6, 6.07) is 2.06. The number of aryl methyl sites for hydroxylation is 4. The minimum absolute atomic E-state index is 1.07. The van der Waals surface area contributed by atoms with E-state index in [1.807, 2.05) is 12.4 Å². The predicted molar refractivity (Wildman–Crippen MR) is 69.4 cm³/mol. The summed E-state index contributed by atoms with van der Waals surface area (Å²) in [7, 11) is 0. The summed E-state index contributed by atoms with van der Waals surface area (Å²) in [6.45, 7) is 8.44. The van der Waals surface area contributed by atoms with Gasteiger partial charge in [-0.25, -0.2) is 4.98 Å². The normalized spacial score (nSPS) is 11.5. The Balaban J connectivity index is 2.71. The molecule has 0 aliphatic heterocycles. The zero-order chi connectivity index (χ0) is 12.2. The Morgan fingerprint density at radius 1 is 1.06 bits per heavy atom. The lowest BCUT2D eigenvalue weighted by molar-refractivity contribution is 1.12. The second-order valence-corrected chi connectivity index (χ2v) is 4.58. The van der Waals surface area contributed by atoms with Crippen LogP contribution in [0, 0.1) is 27.7 Å². The van der Waals surface area contributed by atoms with E-state index in [2.05, 4.69) is 48.1 Å². The molecule has 0 radical (unpaired) electrons. The fourth-order valence-electron chi connectivity index (χ4n) is 2.40. The predicted octanol–water partition coefficient (Wildman–Crippen LogP) is 3.12. The van der Waals surface area contributed by atoms with E-state index in [0.717, 1.165) is 11.3 Å². The van der Waals surface area contributed by atoms with E-state index >= 15 is 0 Å². The molecule has 0 amide bonds. The third-order valence-electron chi connectivity index (χ3n) is 3.69.